The highest BCUT2D eigenvalue weighted by Crippen LogP contribution is 2.40. The second-order valence-corrected chi connectivity index (χ2v) is 5.28. The SMILES string of the molecule is CC(C)C(=O)NCCC1OC1c1cccc(CN)c1. The van der Waals surface area contributed by atoms with E-state index in [4.69, 9.17) is 10.5 Å². The molecule has 1 aromatic rings. The molecule has 4 nitrogen and oxygen atoms in total. The Labute approximate surface area is 114 Å². The van der Waals surface area contributed by atoms with Gasteiger partial charge in [0.1, 0.15) is 6.10 Å². The van der Waals surface area contributed by atoms with Crippen LogP contribution in [0.2, 0.25) is 0 Å². The molecular formula is C15H22N2O2. The minimum Gasteiger partial charge on any atom is -0.364 e. The van der Waals surface area contributed by atoms with Gasteiger partial charge in [-0.3, -0.25) is 4.79 Å². The van der Waals surface area contributed by atoms with E-state index in [0.29, 0.717) is 13.1 Å². The van der Waals surface area contributed by atoms with Crippen LogP contribution >= 0.6 is 0 Å². The first-order chi connectivity index (χ1) is 9.11. The van der Waals surface area contributed by atoms with Gasteiger partial charge in [0.05, 0.1) is 6.10 Å². The normalized spacial score (nSPS) is 21.5. The van der Waals surface area contributed by atoms with E-state index in [1.165, 1.54) is 5.56 Å². The first kappa shape index (κ1) is 14.0. The largest absolute Gasteiger partial charge is 0.364 e. The second kappa shape index (κ2) is 6.17. The molecule has 1 saturated heterocycles. The molecule has 2 unspecified atom stereocenters. The fourth-order valence-corrected chi connectivity index (χ4v) is 2.09. The van der Waals surface area contributed by atoms with Gasteiger partial charge in [-0.25, -0.2) is 0 Å². The van der Waals surface area contributed by atoms with Gasteiger partial charge in [-0.15, -0.1) is 0 Å². The number of amides is 1. The minimum absolute atomic E-state index is 0.0390. The zero-order valence-corrected chi connectivity index (χ0v) is 11.6. The first-order valence-electron chi connectivity index (χ1n) is 6.84. The highest BCUT2D eigenvalue weighted by Gasteiger charge is 2.39. The van der Waals surface area contributed by atoms with E-state index in [9.17, 15) is 4.79 Å². The Kier molecular flexibility index (Phi) is 4.56. The summed E-state index contributed by atoms with van der Waals surface area (Å²) in [5.74, 6) is 0.138. The third kappa shape index (κ3) is 3.78. The van der Waals surface area contributed by atoms with E-state index < -0.39 is 0 Å². The predicted molar refractivity (Wildman–Crippen MR) is 74.4 cm³/mol. The van der Waals surface area contributed by atoms with Crippen molar-refractivity contribution in [3.63, 3.8) is 0 Å². The van der Waals surface area contributed by atoms with Crippen LogP contribution < -0.4 is 11.1 Å². The van der Waals surface area contributed by atoms with Crippen LogP contribution in [0.5, 0.6) is 0 Å². The van der Waals surface area contributed by atoms with Crippen molar-refractivity contribution in [2.75, 3.05) is 6.54 Å². The monoisotopic (exact) mass is 262 g/mol. The summed E-state index contributed by atoms with van der Waals surface area (Å²) >= 11 is 0. The molecule has 0 radical (unpaired) electrons. The molecule has 1 fully saturated rings. The molecule has 2 rings (SSSR count). The Morgan fingerprint density at radius 2 is 2.26 bits per heavy atom. The number of hydrogen-bond acceptors (Lipinski definition) is 3. The molecule has 1 aromatic carbocycles. The number of rotatable bonds is 6. The second-order valence-electron chi connectivity index (χ2n) is 5.28. The van der Waals surface area contributed by atoms with Crippen LogP contribution in [-0.2, 0) is 16.1 Å². The van der Waals surface area contributed by atoms with Crippen molar-refractivity contribution in [1.82, 2.24) is 5.32 Å². The molecule has 4 heteroatoms. The summed E-state index contributed by atoms with van der Waals surface area (Å²) < 4.78 is 5.65. The molecule has 0 aliphatic carbocycles. The van der Waals surface area contributed by atoms with Crippen LogP contribution in [-0.4, -0.2) is 18.6 Å². The molecular weight excluding hydrogens is 240 g/mol. The number of hydrogen-bond donors (Lipinski definition) is 2. The number of carbonyl (C=O) groups excluding carboxylic acids is 1. The van der Waals surface area contributed by atoms with Gasteiger partial charge in [0.25, 0.3) is 0 Å². The Bertz CT molecular complexity index is 446. The van der Waals surface area contributed by atoms with Crippen molar-refractivity contribution in [3.05, 3.63) is 35.4 Å². The van der Waals surface area contributed by atoms with Crippen LogP contribution in [0.4, 0.5) is 0 Å². The molecule has 19 heavy (non-hydrogen) atoms. The molecule has 0 saturated carbocycles. The van der Waals surface area contributed by atoms with Crippen LogP contribution in [0.25, 0.3) is 0 Å². The topological polar surface area (TPSA) is 67.7 Å². The lowest BCUT2D eigenvalue weighted by atomic mass is 10.1. The molecule has 1 heterocycles. The van der Waals surface area contributed by atoms with Gasteiger partial charge < -0.3 is 15.8 Å². The standard InChI is InChI=1S/C15H22N2O2/c1-10(2)15(18)17-7-6-13-14(19-13)12-5-3-4-11(8-12)9-16/h3-5,8,10,13-14H,6-7,9,16H2,1-2H3,(H,17,18). The van der Waals surface area contributed by atoms with Crippen molar-refractivity contribution >= 4 is 5.91 Å². The molecule has 104 valence electrons. The van der Waals surface area contributed by atoms with Gasteiger partial charge in [-0.1, -0.05) is 38.1 Å². The highest BCUT2D eigenvalue weighted by atomic mass is 16.6. The molecule has 0 spiro atoms. The maximum Gasteiger partial charge on any atom is 0.222 e. The van der Waals surface area contributed by atoms with Crippen LogP contribution in [0, 0.1) is 5.92 Å². The van der Waals surface area contributed by atoms with Crippen LogP contribution in [0.15, 0.2) is 24.3 Å². The zero-order chi connectivity index (χ0) is 13.8. The molecule has 3 N–H and O–H groups in total. The van der Waals surface area contributed by atoms with E-state index in [1.807, 2.05) is 26.0 Å². The van der Waals surface area contributed by atoms with Crippen molar-refractivity contribution in [2.24, 2.45) is 11.7 Å². The quantitative estimate of drug-likeness (QED) is 0.767. The van der Waals surface area contributed by atoms with Crippen molar-refractivity contribution in [2.45, 2.75) is 39.0 Å². The number of ether oxygens (including phenoxy) is 1. The van der Waals surface area contributed by atoms with E-state index in [2.05, 4.69) is 17.4 Å². The van der Waals surface area contributed by atoms with Gasteiger partial charge >= 0.3 is 0 Å². The van der Waals surface area contributed by atoms with Gasteiger partial charge in [0.2, 0.25) is 5.91 Å². The molecule has 1 amide bonds. The van der Waals surface area contributed by atoms with Gasteiger partial charge in [-0.05, 0) is 17.5 Å². The number of benzene rings is 1. The first-order valence-corrected chi connectivity index (χ1v) is 6.84. The van der Waals surface area contributed by atoms with Gasteiger partial charge in [0, 0.05) is 19.0 Å². The summed E-state index contributed by atoms with van der Waals surface area (Å²) in [5.41, 5.74) is 7.94. The van der Waals surface area contributed by atoms with E-state index in [-0.39, 0.29) is 24.0 Å². The van der Waals surface area contributed by atoms with Crippen molar-refractivity contribution in [3.8, 4) is 0 Å². The molecule has 1 aliphatic rings. The zero-order valence-electron chi connectivity index (χ0n) is 11.6. The molecule has 1 aliphatic heterocycles. The molecule has 0 aromatic heterocycles. The number of nitrogens with one attached hydrogen (secondary N) is 1. The summed E-state index contributed by atoms with van der Waals surface area (Å²) in [7, 11) is 0. The summed E-state index contributed by atoms with van der Waals surface area (Å²) in [6, 6.07) is 8.19. The van der Waals surface area contributed by atoms with E-state index in [0.717, 1.165) is 12.0 Å². The number of nitrogens with two attached hydrogens (primary N) is 1. The Morgan fingerprint density at radius 3 is 2.95 bits per heavy atom. The van der Waals surface area contributed by atoms with Crippen molar-refractivity contribution < 1.29 is 9.53 Å². The van der Waals surface area contributed by atoms with Gasteiger partial charge in [0.15, 0.2) is 0 Å². The van der Waals surface area contributed by atoms with E-state index in [1.54, 1.807) is 0 Å². The van der Waals surface area contributed by atoms with Crippen molar-refractivity contribution in [1.29, 1.82) is 0 Å². The highest BCUT2D eigenvalue weighted by molar-refractivity contribution is 5.77. The lowest BCUT2D eigenvalue weighted by Gasteiger charge is -2.06. The maximum atomic E-state index is 11.4. The average molecular weight is 262 g/mol. The molecule has 2 atom stereocenters. The average Bonchev–Trinajstić information content (AvgIpc) is 3.18. The van der Waals surface area contributed by atoms with Crippen LogP contribution in [0.1, 0.15) is 37.5 Å². The third-order valence-electron chi connectivity index (χ3n) is 3.35. The predicted octanol–water partition coefficient (Wildman–Crippen LogP) is 1.75. The fraction of sp³-hybridized carbons (Fsp3) is 0.533. The summed E-state index contributed by atoms with van der Waals surface area (Å²) in [6.07, 6.45) is 1.25. The lowest BCUT2D eigenvalue weighted by Crippen LogP contribution is -2.29. The van der Waals surface area contributed by atoms with Gasteiger partial charge in [-0.2, -0.15) is 0 Å². The third-order valence-corrected chi connectivity index (χ3v) is 3.35. The Balaban J connectivity index is 1.76. The van der Waals surface area contributed by atoms with Crippen LogP contribution in [0.3, 0.4) is 0 Å². The Morgan fingerprint density at radius 1 is 1.47 bits per heavy atom. The fourth-order valence-electron chi connectivity index (χ4n) is 2.09. The number of epoxide rings is 1. The summed E-state index contributed by atoms with van der Waals surface area (Å²) in [4.78, 5) is 11.4. The molecule has 0 bridgehead atoms. The smallest absolute Gasteiger partial charge is 0.222 e. The lowest BCUT2D eigenvalue weighted by molar-refractivity contribution is -0.123. The summed E-state index contributed by atoms with van der Waals surface area (Å²) in [6.45, 7) is 5.01. The number of carbonyl (C=O) groups is 1. The van der Waals surface area contributed by atoms with E-state index >= 15 is 0 Å². The Hall–Kier alpha value is -1.39. The maximum absolute atomic E-state index is 11.4. The minimum atomic E-state index is 0.0390. The summed E-state index contributed by atoms with van der Waals surface area (Å²) in [5, 5.41) is 2.91.